The van der Waals surface area contributed by atoms with Gasteiger partial charge in [0, 0.05) is 66.0 Å². The first kappa shape index (κ1) is 22.8. The highest BCUT2D eigenvalue weighted by Crippen LogP contribution is 2.20. The van der Waals surface area contributed by atoms with Crippen molar-refractivity contribution in [2.24, 2.45) is 0 Å². The Kier molecular flexibility index (Phi) is 6.39. The van der Waals surface area contributed by atoms with Crippen molar-refractivity contribution in [3.63, 3.8) is 0 Å². The summed E-state index contributed by atoms with van der Waals surface area (Å²) in [6.45, 7) is 4.15. The number of hydrogen-bond acceptors (Lipinski definition) is 8. The van der Waals surface area contributed by atoms with Gasteiger partial charge in [-0.2, -0.15) is 5.10 Å². The van der Waals surface area contributed by atoms with E-state index < -0.39 is 0 Å². The van der Waals surface area contributed by atoms with E-state index in [0.717, 1.165) is 28.2 Å². The van der Waals surface area contributed by atoms with Crippen molar-refractivity contribution in [2.45, 2.75) is 20.4 Å². The summed E-state index contributed by atoms with van der Waals surface area (Å²) in [5.74, 6) is 1.51. The minimum Gasteiger partial charge on any atom is -0.347 e. The summed E-state index contributed by atoms with van der Waals surface area (Å²) in [4.78, 5) is 34.6. The number of aryl methyl sites for hydroxylation is 2. The Balaban J connectivity index is 1.23. The quantitative estimate of drug-likeness (QED) is 0.320. The van der Waals surface area contributed by atoms with E-state index in [-0.39, 0.29) is 5.91 Å². The van der Waals surface area contributed by atoms with Crippen LogP contribution in [0.1, 0.15) is 27.4 Å². The third kappa shape index (κ3) is 5.39. The number of amides is 1. The molecule has 0 unspecified atom stereocenters. The molecule has 5 rings (SSSR count). The van der Waals surface area contributed by atoms with Gasteiger partial charge in [0.1, 0.15) is 11.5 Å². The van der Waals surface area contributed by atoms with Gasteiger partial charge in [0.05, 0.1) is 5.69 Å². The SMILES string of the molecule is Cc1cc(Nc2cc(C)[nH]n2)nc(-c2ccc(C(=O)NCc3ccc(-c4cccnc4)nc3)nc2)n1. The van der Waals surface area contributed by atoms with Crippen molar-refractivity contribution in [2.75, 3.05) is 5.32 Å². The smallest absolute Gasteiger partial charge is 0.270 e. The van der Waals surface area contributed by atoms with Crippen LogP contribution in [0.2, 0.25) is 0 Å². The summed E-state index contributed by atoms with van der Waals surface area (Å²) in [7, 11) is 0. The van der Waals surface area contributed by atoms with Gasteiger partial charge in [-0.05, 0) is 49.7 Å². The number of rotatable bonds is 7. The lowest BCUT2D eigenvalue weighted by atomic mass is 10.1. The summed E-state index contributed by atoms with van der Waals surface area (Å²) in [5, 5.41) is 13.1. The highest BCUT2D eigenvalue weighted by molar-refractivity contribution is 5.92. The highest BCUT2D eigenvalue weighted by Gasteiger charge is 2.11. The predicted molar refractivity (Wildman–Crippen MR) is 135 cm³/mol. The fourth-order valence-corrected chi connectivity index (χ4v) is 3.52. The Morgan fingerprint density at radius 2 is 1.83 bits per heavy atom. The van der Waals surface area contributed by atoms with Crippen LogP contribution in [0.4, 0.5) is 11.6 Å². The molecule has 1 amide bonds. The van der Waals surface area contributed by atoms with Crippen LogP contribution in [-0.2, 0) is 6.54 Å². The van der Waals surface area contributed by atoms with Crippen LogP contribution in [0.3, 0.4) is 0 Å². The number of nitrogens with zero attached hydrogens (tertiary/aromatic N) is 6. The maximum Gasteiger partial charge on any atom is 0.270 e. The molecule has 10 heteroatoms. The minimum absolute atomic E-state index is 0.278. The molecule has 5 heterocycles. The summed E-state index contributed by atoms with van der Waals surface area (Å²) in [6.07, 6.45) is 6.82. The third-order valence-corrected chi connectivity index (χ3v) is 5.31. The van der Waals surface area contributed by atoms with Crippen LogP contribution in [-0.4, -0.2) is 41.0 Å². The molecule has 178 valence electrons. The number of pyridine rings is 3. The average molecular weight is 478 g/mol. The standard InChI is InChI=1S/C26H23N9O/c1-16-10-23(32-24-11-17(2)34-35-24)33-25(31-16)20-6-8-22(29-15-20)26(36)30-13-18-5-7-21(28-12-18)19-4-3-9-27-14-19/h3-12,14-15H,13H2,1-2H3,(H,30,36)(H2,31,32,33,34,35). The molecule has 0 saturated carbocycles. The molecule has 10 nitrogen and oxygen atoms in total. The molecule has 0 aliphatic carbocycles. The van der Waals surface area contributed by atoms with Crippen LogP contribution in [0, 0.1) is 13.8 Å². The molecule has 0 saturated heterocycles. The lowest BCUT2D eigenvalue weighted by Gasteiger charge is -2.08. The van der Waals surface area contributed by atoms with Gasteiger partial charge in [-0.1, -0.05) is 6.07 Å². The van der Waals surface area contributed by atoms with E-state index in [2.05, 4.69) is 45.8 Å². The first-order valence-corrected chi connectivity index (χ1v) is 11.3. The van der Waals surface area contributed by atoms with Gasteiger partial charge >= 0.3 is 0 Å². The molecule has 0 spiro atoms. The van der Waals surface area contributed by atoms with Crippen molar-refractivity contribution < 1.29 is 4.79 Å². The van der Waals surface area contributed by atoms with Crippen molar-refractivity contribution in [3.05, 3.63) is 96.0 Å². The summed E-state index contributed by atoms with van der Waals surface area (Å²) in [5.41, 5.74) is 5.39. The Labute approximate surface area is 207 Å². The second kappa shape index (κ2) is 10.1. The zero-order chi connectivity index (χ0) is 24.9. The number of hydrogen-bond donors (Lipinski definition) is 3. The average Bonchev–Trinajstić information content (AvgIpc) is 3.32. The summed E-state index contributed by atoms with van der Waals surface area (Å²) >= 11 is 0. The molecule has 36 heavy (non-hydrogen) atoms. The minimum atomic E-state index is -0.278. The zero-order valence-corrected chi connectivity index (χ0v) is 19.7. The normalized spacial score (nSPS) is 10.7. The third-order valence-electron chi connectivity index (χ3n) is 5.31. The number of aromatic amines is 1. The van der Waals surface area contributed by atoms with Gasteiger partial charge in [0.25, 0.3) is 5.91 Å². The van der Waals surface area contributed by atoms with Crippen molar-refractivity contribution >= 4 is 17.5 Å². The summed E-state index contributed by atoms with van der Waals surface area (Å²) in [6, 6.07) is 14.8. The van der Waals surface area contributed by atoms with E-state index in [1.807, 2.05) is 50.2 Å². The van der Waals surface area contributed by atoms with E-state index in [0.29, 0.717) is 35.3 Å². The first-order valence-electron chi connectivity index (χ1n) is 11.3. The molecule has 0 bridgehead atoms. The molecule has 0 aliphatic heterocycles. The molecular formula is C26H23N9O. The Morgan fingerprint density at radius 3 is 2.53 bits per heavy atom. The molecule has 5 aromatic heterocycles. The van der Waals surface area contributed by atoms with E-state index in [9.17, 15) is 4.79 Å². The van der Waals surface area contributed by atoms with Gasteiger partial charge in [-0.25, -0.2) is 9.97 Å². The van der Waals surface area contributed by atoms with Gasteiger partial charge in [-0.15, -0.1) is 0 Å². The number of nitrogens with one attached hydrogen (secondary N) is 3. The molecule has 5 aromatic rings. The number of carbonyl (C=O) groups is 1. The maximum atomic E-state index is 12.6. The van der Waals surface area contributed by atoms with Crippen LogP contribution in [0.5, 0.6) is 0 Å². The van der Waals surface area contributed by atoms with E-state index in [1.165, 1.54) is 0 Å². The molecule has 0 aromatic carbocycles. The van der Waals surface area contributed by atoms with Crippen molar-refractivity contribution in [1.29, 1.82) is 0 Å². The van der Waals surface area contributed by atoms with Crippen molar-refractivity contribution in [3.8, 4) is 22.6 Å². The Hall–Kier alpha value is -4.99. The van der Waals surface area contributed by atoms with Crippen LogP contribution >= 0.6 is 0 Å². The fourth-order valence-electron chi connectivity index (χ4n) is 3.52. The van der Waals surface area contributed by atoms with Gasteiger partial charge in [-0.3, -0.25) is 24.8 Å². The molecule has 0 radical (unpaired) electrons. The molecule has 0 atom stereocenters. The second-order valence-corrected chi connectivity index (χ2v) is 8.19. The largest absolute Gasteiger partial charge is 0.347 e. The number of aromatic nitrogens is 7. The fraction of sp³-hybridized carbons (Fsp3) is 0.115. The Bertz CT molecular complexity index is 1480. The maximum absolute atomic E-state index is 12.6. The molecule has 0 aliphatic rings. The van der Waals surface area contributed by atoms with Crippen LogP contribution in [0.15, 0.2) is 73.3 Å². The van der Waals surface area contributed by atoms with E-state index in [1.54, 1.807) is 36.9 Å². The van der Waals surface area contributed by atoms with Crippen LogP contribution < -0.4 is 10.6 Å². The monoisotopic (exact) mass is 477 g/mol. The predicted octanol–water partition coefficient (Wildman–Crippen LogP) is 4.01. The second-order valence-electron chi connectivity index (χ2n) is 8.19. The lowest BCUT2D eigenvalue weighted by Crippen LogP contribution is -2.23. The summed E-state index contributed by atoms with van der Waals surface area (Å²) < 4.78 is 0. The number of H-pyrrole nitrogens is 1. The number of carbonyl (C=O) groups excluding carboxylic acids is 1. The van der Waals surface area contributed by atoms with Crippen molar-refractivity contribution in [1.82, 2.24) is 40.4 Å². The van der Waals surface area contributed by atoms with E-state index in [4.69, 9.17) is 0 Å². The van der Waals surface area contributed by atoms with Gasteiger partial charge in [0.15, 0.2) is 11.6 Å². The van der Waals surface area contributed by atoms with Crippen LogP contribution in [0.25, 0.3) is 22.6 Å². The zero-order valence-electron chi connectivity index (χ0n) is 19.7. The van der Waals surface area contributed by atoms with E-state index >= 15 is 0 Å². The highest BCUT2D eigenvalue weighted by atomic mass is 16.1. The molecular weight excluding hydrogens is 454 g/mol. The van der Waals surface area contributed by atoms with Gasteiger partial charge in [0.2, 0.25) is 0 Å². The topological polar surface area (TPSA) is 134 Å². The lowest BCUT2D eigenvalue weighted by molar-refractivity contribution is 0.0946. The molecule has 3 N–H and O–H groups in total. The van der Waals surface area contributed by atoms with Gasteiger partial charge < -0.3 is 10.6 Å². The Morgan fingerprint density at radius 1 is 0.917 bits per heavy atom. The first-order chi connectivity index (χ1) is 17.5. The number of anilines is 2. The molecule has 0 fully saturated rings.